The van der Waals surface area contributed by atoms with E-state index in [0.717, 1.165) is 0 Å². The molecule has 0 spiro atoms. The summed E-state index contributed by atoms with van der Waals surface area (Å²) in [6.45, 7) is 0. The van der Waals surface area contributed by atoms with Gasteiger partial charge in [-0.2, -0.15) is 10.5 Å². The van der Waals surface area contributed by atoms with Crippen LogP contribution < -0.4 is 0 Å². The second kappa shape index (κ2) is 4.84. The summed E-state index contributed by atoms with van der Waals surface area (Å²) in [5.74, 6) is 0. The summed E-state index contributed by atoms with van der Waals surface area (Å²) in [6.07, 6.45) is 0. The summed E-state index contributed by atoms with van der Waals surface area (Å²) in [6, 6.07) is 3.75. The molecule has 0 aliphatic rings. The van der Waals surface area contributed by atoms with Crippen LogP contribution in [-0.4, -0.2) is 0 Å². The van der Waals surface area contributed by atoms with Crippen molar-refractivity contribution in [2.75, 3.05) is 0 Å². The highest BCUT2D eigenvalue weighted by Gasteiger charge is 2.18. The Morgan fingerprint density at radius 3 is 1.36 bits per heavy atom. The molecule has 0 unspecified atom stereocenters. The minimum atomic E-state index is 0.143. The Bertz CT molecular complexity index is 441. The third-order valence-electron chi connectivity index (χ3n) is 1.49. The third kappa shape index (κ3) is 1.94. The molecule has 2 nitrogen and oxygen atoms in total. The van der Waals surface area contributed by atoms with Gasteiger partial charge in [0, 0.05) is 7.14 Å². The Hall–Kier alpha value is 0.240. The van der Waals surface area contributed by atoms with Crippen molar-refractivity contribution < 1.29 is 0 Å². The maximum absolute atomic E-state index is 8.82. The topological polar surface area (TPSA) is 47.6 Å². The lowest BCUT2D eigenvalue weighted by atomic mass is 10.1. The van der Waals surface area contributed by atoms with Gasteiger partial charge in [0.2, 0.25) is 0 Å². The maximum atomic E-state index is 8.82. The lowest BCUT2D eigenvalue weighted by molar-refractivity contribution is 1.40. The minimum Gasteiger partial charge on any atom is -0.192 e. The van der Waals surface area contributed by atoms with Gasteiger partial charge >= 0.3 is 0 Å². The number of hydrogen-bond donors (Lipinski definition) is 0. The fourth-order valence-corrected chi connectivity index (χ4v) is 2.70. The molecule has 0 saturated carbocycles. The van der Waals surface area contributed by atoms with E-state index in [4.69, 9.17) is 33.7 Å². The molecule has 0 N–H and O–H groups in total. The lowest BCUT2D eigenvalue weighted by Gasteiger charge is -2.06. The minimum absolute atomic E-state index is 0.143. The van der Waals surface area contributed by atoms with E-state index in [0.29, 0.717) is 17.2 Å². The predicted molar refractivity (Wildman–Crippen MR) is 71.3 cm³/mol. The van der Waals surface area contributed by atoms with E-state index >= 15 is 0 Å². The molecule has 0 aliphatic heterocycles. The van der Waals surface area contributed by atoms with Crippen molar-refractivity contribution in [2.45, 2.75) is 0 Å². The number of hydrogen-bond acceptors (Lipinski definition) is 2. The van der Waals surface area contributed by atoms with Gasteiger partial charge in [0.05, 0.1) is 21.2 Å². The average molecular weight is 449 g/mol. The van der Waals surface area contributed by atoms with Crippen LogP contribution >= 0.6 is 68.4 Å². The third-order valence-corrected chi connectivity index (χ3v) is 6.07. The molecule has 1 rings (SSSR count). The summed E-state index contributed by atoms with van der Waals surface area (Å²) in [5, 5.41) is 18.2. The van der Waals surface area contributed by atoms with Gasteiger partial charge in [0.25, 0.3) is 0 Å². The molecular formula is C8Cl2I2N2. The molecule has 1 aromatic rings. The summed E-state index contributed by atoms with van der Waals surface area (Å²) < 4.78 is 1.40. The highest BCUT2D eigenvalue weighted by molar-refractivity contribution is 14.1. The molecule has 0 radical (unpaired) electrons. The first-order valence-corrected chi connectivity index (χ1v) is 6.12. The molecule has 0 saturated heterocycles. The number of halogens is 4. The summed E-state index contributed by atoms with van der Waals surface area (Å²) in [5.41, 5.74) is 0.285. The number of benzene rings is 1. The number of rotatable bonds is 0. The van der Waals surface area contributed by atoms with Crippen molar-refractivity contribution in [3.05, 3.63) is 28.3 Å². The van der Waals surface area contributed by atoms with Crippen LogP contribution in [0.15, 0.2) is 0 Å². The molecule has 0 amide bonds. The Kier molecular flexibility index (Phi) is 4.26. The summed E-state index contributed by atoms with van der Waals surface area (Å²) >= 11 is 15.8. The van der Waals surface area contributed by atoms with E-state index in [1.54, 1.807) is 0 Å². The van der Waals surface area contributed by atoms with Crippen LogP contribution in [0.25, 0.3) is 0 Å². The van der Waals surface area contributed by atoms with Gasteiger partial charge in [-0.1, -0.05) is 23.2 Å². The molecule has 0 bridgehead atoms. The average Bonchev–Trinajstić information content (AvgIpc) is 2.20. The molecule has 70 valence electrons. The lowest BCUT2D eigenvalue weighted by Crippen LogP contribution is -1.94. The second-order valence-electron chi connectivity index (χ2n) is 2.23. The van der Waals surface area contributed by atoms with Gasteiger partial charge in [-0.3, -0.25) is 0 Å². The maximum Gasteiger partial charge on any atom is 0.102 e. The standard InChI is InChI=1S/C8Cl2I2N2/c9-5-3(1-13)4(2-14)6(10)8(12)7(5)11. The monoisotopic (exact) mass is 448 g/mol. The Morgan fingerprint density at radius 1 is 0.857 bits per heavy atom. The van der Waals surface area contributed by atoms with Gasteiger partial charge < -0.3 is 0 Å². The first-order valence-electron chi connectivity index (χ1n) is 3.20. The Labute approximate surface area is 118 Å². The zero-order valence-corrected chi connectivity index (χ0v) is 12.2. The smallest absolute Gasteiger partial charge is 0.102 e. The van der Waals surface area contributed by atoms with Crippen molar-refractivity contribution in [2.24, 2.45) is 0 Å². The van der Waals surface area contributed by atoms with Crippen LogP contribution in [0.4, 0.5) is 0 Å². The molecule has 0 aliphatic carbocycles. The van der Waals surface area contributed by atoms with E-state index in [2.05, 4.69) is 0 Å². The van der Waals surface area contributed by atoms with Crippen LogP contribution in [0, 0.1) is 29.8 Å². The highest BCUT2D eigenvalue weighted by Crippen LogP contribution is 2.35. The first-order chi connectivity index (χ1) is 6.54. The molecule has 0 fully saturated rings. The zero-order valence-electron chi connectivity index (χ0n) is 6.41. The van der Waals surface area contributed by atoms with Crippen molar-refractivity contribution in [3.63, 3.8) is 0 Å². The van der Waals surface area contributed by atoms with E-state index < -0.39 is 0 Å². The van der Waals surface area contributed by atoms with Crippen LogP contribution in [0.5, 0.6) is 0 Å². The highest BCUT2D eigenvalue weighted by atomic mass is 127. The fraction of sp³-hybridized carbons (Fsp3) is 0. The van der Waals surface area contributed by atoms with E-state index in [9.17, 15) is 0 Å². The SMILES string of the molecule is N#Cc1c(Cl)c(I)c(I)c(Cl)c1C#N. The summed E-state index contributed by atoms with van der Waals surface area (Å²) in [4.78, 5) is 0. The number of nitriles is 2. The molecule has 0 heterocycles. The van der Waals surface area contributed by atoms with Gasteiger partial charge in [0.15, 0.2) is 0 Å². The predicted octanol–water partition coefficient (Wildman–Crippen LogP) is 3.95. The summed E-state index contributed by atoms with van der Waals surface area (Å²) in [7, 11) is 0. The van der Waals surface area contributed by atoms with Crippen LogP contribution in [0.2, 0.25) is 10.0 Å². The molecule has 14 heavy (non-hydrogen) atoms. The van der Waals surface area contributed by atoms with Crippen molar-refractivity contribution in [1.29, 1.82) is 10.5 Å². The first kappa shape index (κ1) is 12.3. The largest absolute Gasteiger partial charge is 0.192 e. The molecular weight excluding hydrogens is 449 g/mol. The van der Waals surface area contributed by atoms with Crippen molar-refractivity contribution in [1.82, 2.24) is 0 Å². The van der Waals surface area contributed by atoms with Gasteiger partial charge in [-0.15, -0.1) is 0 Å². The van der Waals surface area contributed by atoms with E-state index in [1.807, 2.05) is 57.3 Å². The van der Waals surface area contributed by atoms with Gasteiger partial charge in [-0.25, -0.2) is 0 Å². The quantitative estimate of drug-likeness (QED) is 0.343. The molecule has 6 heteroatoms. The van der Waals surface area contributed by atoms with Crippen LogP contribution in [0.1, 0.15) is 11.1 Å². The van der Waals surface area contributed by atoms with Crippen molar-refractivity contribution in [3.8, 4) is 12.1 Å². The second-order valence-corrected chi connectivity index (χ2v) is 5.14. The Morgan fingerprint density at radius 2 is 1.14 bits per heavy atom. The van der Waals surface area contributed by atoms with Crippen molar-refractivity contribution >= 4 is 68.4 Å². The molecule has 0 aromatic heterocycles. The van der Waals surface area contributed by atoms with Crippen LogP contribution in [0.3, 0.4) is 0 Å². The fourth-order valence-electron chi connectivity index (χ4n) is 0.842. The van der Waals surface area contributed by atoms with E-state index in [1.165, 1.54) is 0 Å². The zero-order chi connectivity index (χ0) is 10.9. The normalized spacial score (nSPS) is 9.29. The Balaban J connectivity index is 3.79. The van der Waals surface area contributed by atoms with Crippen LogP contribution in [-0.2, 0) is 0 Å². The van der Waals surface area contributed by atoms with E-state index in [-0.39, 0.29) is 11.1 Å². The molecule has 1 aromatic carbocycles. The van der Waals surface area contributed by atoms with Gasteiger partial charge in [-0.05, 0) is 45.2 Å². The molecule has 0 atom stereocenters. The van der Waals surface area contributed by atoms with Gasteiger partial charge in [0.1, 0.15) is 12.1 Å². The number of nitrogens with zero attached hydrogens (tertiary/aromatic N) is 2.